The zero-order chi connectivity index (χ0) is 39.3. The highest BCUT2D eigenvalue weighted by Crippen LogP contribution is 2.47. The molecule has 0 saturated heterocycles. The fourth-order valence-electron chi connectivity index (χ4n) is 7.08. The van der Waals surface area contributed by atoms with E-state index in [1.807, 2.05) is 0 Å². The lowest BCUT2D eigenvalue weighted by Gasteiger charge is -2.41. The van der Waals surface area contributed by atoms with Crippen molar-refractivity contribution < 1.29 is 53.9 Å². The molecule has 1 saturated carbocycles. The molecule has 1 aliphatic rings. The first kappa shape index (κ1) is 50.4. The number of aliphatic hydroxyl groups is 6. The van der Waals surface area contributed by atoms with E-state index in [1.54, 1.807) is 0 Å². The van der Waals surface area contributed by atoms with Gasteiger partial charge in [-0.2, -0.15) is 0 Å². The predicted molar refractivity (Wildman–Crippen MR) is 209 cm³/mol. The normalized spacial score (nSPS) is 24.2. The summed E-state index contributed by atoms with van der Waals surface area (Å²) in [6.07, 6.45) is 18.6. The molecule has 53 heavy (non-hydrogen) atoms. The molecule has 9 atom stereocenters. The summed E-state index contributed by atoms with van der Waals surface area (Å²) >= 11 is 0. The van der Waals surface area contributed by atoms with Crippen molar-refractivity contribution in [2.24, 2.45) is 0 Å². The lowest BCUT2D eigenvalue weighted by Crippen LogP contribution is -2.64. The van der Waals surface area contributed by atoms with Gasteiger partial charge < -0.3 is 40.8 Å². The molecule has 6 unspecified atom stereocenters. The van der Waals surface area contributed by atoms with Crippen LogP contribution in [0.1, 0.15) is 194 Å². The summed E-state index contributed by atoms with van der Waals surface area (Å²) in [7, 11) is -5.04. The van der Waals surface area contributed by atoms with Crippen LogP contribution in [0.4, 0.5) is 0 Å². The van der Waals surface area contributed by atoms with E-state index < -0.39 is 63.2 Å². The topological polar surface area (TPSA) is 206 Å². The van der Waals surface area contributed by atoms with Gasteiger partial charge in [0.2, 0.25) is 5.91 Å². The van der Waals surface area contributed by atoms with Gasteiger partial charge in [0.1, 0.15) is 36.6 Å². The number of aliphatic hydroxyl groups excluding tert-OH is 6. The van der Waals surface area contributed by atoms with Gasteiger partial charge in [0.25, 0.3) is 0 Å². The fraction of sp³-hybridized carbons (Fsp3) is 0.975. The van der Waals surface area contributed by atoms with E-state index in [0.717, 1.165) is 38.5 Å². The summed E-state index contributed by atoms with van der Waals surface area (Å²) in [6.45, 7) is 3.86. The zero-order valence-corrected chi connectivity index (χ0v) is 34.2. The van der Waals surface area contributed by atoms with Crippen molar-refractivity contribution >= 4 is 13.7 Å². The first-order valence-corrected chi connectivity index (χ1v) is 23.0. The van der Waals surface area contributed by atoms with Crippen LogP contribution >= 0.6 is 7.82 Å². The van der Waals surface area contributed by atoms with E-state index in [0.29, 0.717) is 19.3 Å². The molecule has 1 fully saturated rings. The third kappa shape index (κ3) is 23.9. The maximum Gasteiger partial charge on any atom is 0.472 e. The van der Waals surface area contributed by atoms with E-state index in [4.69, 9.17) is 9.05 Å². The summed E-state index contributed by atoms with van der Waals surface area (Å²) in [5.74, 6) is -0.307. The molecule has 1 rings (SSSR count). The number of nitrogens with one attached hydrogen (secondary N) is 1. The minimum atomic E-state index is -5.04. The van der Waals surface area contributed by atoms with Crippen LogP contribution in [0.3, 0.4) is 0 Å². The third-order valence-electron chi connectivity index (χ3n) is 10.7. The number of unbranched alkanes of at least 4 members (excludes halogenated alkanes) is 24. The second-order valence-corrected chi connectivity index (χ2v) is 17.0. The van der Waals surface area contributed by atoms with Gasteiger partial charge in [-0.25, -0.2) is 4.57 Å². The Kier molecular flexibility index (Phi) is 29.9. The summed E-state index contributed by atoms with van der Waals surface area (Å²) in [5.41, 5.74) is 0. The molecule has 13 heteroatoms. The molecule has 0 aromatic heterocycles. The number of phosphoric ester groups is 1. The molecule has 1 amide bonds. The smallest absolute Gasteiger partial charge is 0.391 e. The quantitative estimate of drug-likeness (QED) is 0.0240. The summed E-state index contributed by atoms with van der Waals surface area (Å²) in [5, 5.41) is 63.9. The fourth-order valence-corrected chi connectivity index (χ4v) is 8.05. The number of carbonyl (C=O) groups is 1. The van der Waals surface area contributed by atoms with E-state index in [-0.39, 0.29) is 12.3 Å². The van der Waals surface area contributed by atoms with Crippen molar-refractivity contribution in [2.75, 3.05) is 6.61 Å². The molecule has 0 radical (unpaired) electrons. The van der Waals surface area contributed by atoms with Gasteiger partial charge in [-0.1, -0.05) is 174 Å². The van der Waals surface area contributed by atoms with Crippen molar-refractivity contribution in [1.29, 1.82) is 0 Å². The van der Waals surface area contributed by atoms with Crippen LogP contribution in [0.2, 0.25) is 0 Å². The molecule has 0 bridgehead atoms. The zero-order valence-electron chi connectivity index (χ0n) is 33.3. The van der Waals surface area contributed by atoms with Gasteiger partial charge in [-0.3, -0.25) is 13.8 Å². The molecule has 0 aromatic carbocycles. The Morgan fingerprint density at radius 3 is 1.30 bits per heavy atom. The average molecular weight is 782 g/mol. The Balaban J connectivity index is 2.49. The molecule has 316 valence electrons. The van der Waals surface area contributed by atoms with Crippen molar-refractivity contribution in [3.05, 3.63) is 0 Å². The predicted octanol–water partition coefficient (Wildman–Crippen LogP) is 7.12. The van der Waals surface area contributed by atoms with Crippen LogP contribution in [0.5, 0.6) is 0 Å². The summed E-state index contributed by atoms with van der Waals surface area (Å²) in [6, 6.07) is -1.02. The lowest BCUT2D eigenvalue weighted by molar-refractivity contribution is -0.220. The molecule has 12 nitrogen and oxygen atoms in total. The minimum Gasteiger partial charge on any atom is -0.391 e. The van der Waals surface area contributed by atoms with Crippen molar-refractivity contribution in [1.82, 2.24) is 5.32 Å². The Bertz CT molecular complexity index is 915. The monoisotopic (exact) mass is 782 g/mol. The molecule has 8 N–H and O–H groups in total. The van der Waals surface area contributed by atoms with Gasteiger partial charge in [-0.05, 0) is 12.8 Å². The van der Waals surface area contributed by atoms with Gasteiger partial charge in [-0.15, -0.1) is 0 Å². The molecular weight excluding hydrogens is 701 g/mol. The summed E-state index contributed by atoms with van der Waals surface area (Å²) in [4.78, 5) is 23.3. The molecular formula is C40H80NO11P. The number of hydrogen-bond acceptors (Lipinski definition) is 10. The van der Waals surface area contributed by atoms with Crippen molar-refractivity contribution in [2.45, 2.75) is 242 Å². The molecule has 0 heterocycles. The minimum absolute atomic E-state index is 0.242. The second-order valence-electron chi connectivity index (χ2n) is 15.6. The van der Waals surface area contributed by atoms with Gasteiger partial charge in [0.05, 0.1) is 18.8 Å². The molecule has 0 aliphatic heterocycles. The standard InChI is InChI=1S/C40H80NO11P/c1-3-5-7-9-11-13-15-16-17-18-20-22-24-26-28-30-34(43)41-32(33(42)29-27-25-23-21-19-14-12-10-8-6-4-2)31-51-53(49,50)52-40-38(47)36(45)35(44)37(46)39(40)48/h32-33,35-40,42,44-48H,3-31H2,1-2H3,(H,41,43)(H,49,50)/t32-,33+,35?,36+,37?,38?,39?,40?/m0/s1. The number of phosphoric acid groups is 1. The summed E-state index contributed by atoms with van der Waals surface area (Å²) < 4.78 is 22.9. The number of amides is 1. The first-order valence-electron chi connectivity index (χ1n) is 21.5. The first-order chi connectivity index (χ1) is 25.4. The highest BCUT2D eigenvalue weighted by atomic mass is 31.2. The van der Waals surface area contributed by atoms with Crippen LogP contribution < -0.4 is 5.32 Å². The van der Waals surface area contributed by atoms with Gasteiger partial charge in [0.15, 0.2) is 0 Å². The largest absolute Gasteiger partial charge is 0.472 e. The van der Waals surface area contributed by atoms with E-state index in [2.05, 4.69) is 19.2 Å². The average Bonchev–Trinajstić information content (AvgIpc) is 3.13. The molecule has 1 aliphatic carbocycles. The molecule has 0 aromatic rings. The van der Waals surface area contributed by atoms with E-state index in [9.17, 15) is 44.9 Å². The number of carbonyl (C=O) groups excluding carboxylic acids is 1. The maximum absolute atomic E-state index is 12.9. The maximum atomic E-state index is 12.9. The lowest BCUT2D eigenvalue weighted by atomic mass is 9.85. The van der Waals surface area contributed by atoms with Gasteiger partial charge >= 0.3 is 7.82 Å². The van der Waals surface area contributed by atoms with Crippen LogP contribution in [0, 0.1) is 0 Å². The van der Waals surface area contributed by atoms with Crippen LogP contribution in [0.25, 0.3) is 0 Å². The van der Waals surface area contributed by atoms with Crippen molar-refractivity contribution in [3.8, 4) is 0 Å². The molecule has 0 spiro atoms. The van der Waals surface area contributed by atoms with E-state index in [1.165, 1.54) is 116 Å². The van der Waals surface area contributed by atoms with Crippen LogP contribution in [0.15, 0.2) is 0 Å². The Morgan fingerprint density at radius 2 is 0.906 bits per heavy atom. The Hall–Kier alpha value is -0.660. The van der Waals surface area contributed by atoms with Crippen molar-refractivity contribution in [3.63, 3.8) is 0 Å². The second kappa shape index (κ2) is 31.4. The van der Waals surface area contributed by atoms with E-state index >= 15 is 0 Å². The number of rotatable bonds is 35. The Morgan fingerprint density at radius 1 is 0.566 bits per heavy atom. The highest BCUT2D eigenvalue weighted by Gasteiger charge is 2.51. The number of hydrogen-bond donors (Lipinski definition) is 8. The van der Waals surface area contributed by atoms with Crippen LogP contribution in [-0.4, -0.2) is 96.8 Å². The van der Waals surface area contributed by atoms with Gasteiger partial charge in [0, 0.05) is 6.42 Å². The SMILES string of the molecule is CCCCCCCCCCCCCCCCCC(=O)N[C@@H](COP(=O)(O)OC1C(O)C(O)C(O)[C@@H](O)C1O)[C@H](O)CCCCCCCCCCCCC. The third-order valence-corrected chi connectivity index (χ3v) is 11.7. The van der Waals surface area contributed by atoms with Crippen LogP contribution in [-0.2, 0) is 18.4 Å². The highest BCUT2D eigenvalue weighted by molar-refractivity contribution is 7.47. The Labute approximate surface area is 321 Å².